The standard InChI is InChI=1S/C19H25ClN2O4S/c1-3-22(4-2)13-5-12-21-19(23)18-11-8-16(26-18)14-27(24,25)17-9-6-15(20)7-10-17/h6-11H,3-5,12-14H2,1-2H3,(H,21,23)/p+1. The van der Waals surface area contributed by atoms with Gasteiger partial charge in [0, 0.05) is 18.0 Å². The zero-order valence-electron chi connectivity index (χ0n) is 15.6. The molecular formula is C19H26ClN2O4S+. The van der Waals surface area contributed by atoms with Gasteiger partial charge < -0.3 is 14.6 Å². The van der Waals surface area contributed by atoms with Crippen LogP contribution in [-0.2, 0) is 15.6 Å². The number of hydrogen-bond donors (Lipinski definition) is 2. The zero-order valence-corrected chi connectivity index (χ0v) is 17.2. The maximum absolute atomic E-state index is 12.4. The van der Waals surface area contributed by atoms with Crippen molar-refractivity contribution in [2.24, 2.45) is 0 Å². The van der Waals surface area contributed by atoms with Crippen molar-refractivity contribution in [3.63, 3.8) is 0 Å². The van der Waals surface area contributed by atoms with Gasteiger partial charge in [-0.25, -0.2) is 8.42 Å². The van der Waals surface area contributed by atoms with E-state index in [4.69, 9.17) is 16.0 Å². The number of hydrogen-bond acceptors (Lipinski definition) is 4. The van der Waals surface area contributed by atoms with Crippen LogP contribution in [0.2, 0.25) is 5.02 Å². The first-order valence-electron chi connectivity index (χ1n) is 9.04. The number of nitrogens with one attached hydrogen (secondary N) is 2. The normalized spacial score (nSPS) is 11.7. The lowest BCUT2D eigenvalue weighted by Gasteiger charge is -2.14. The fourth-order valence-electron chi connectivity index (χ4n) is 2.72. The average molecular weight is 414 g/mol. The zero-order chi connectivity index (χ0) is 19.9. The molecule has 148 valence electrons. The van der Waals surface area contributed by atoms with E-state index in [1.165, 1.54) is 41.3 Å². The van der Waals surface area contributed by atoms with Crippen LogP contribution in [0.4, 0.5) is 0 Å². The van der Waals surface area contributed by atoms with E-state index in [0.717, 1.165) is 26.1 Å². The molecule has 0 atom stereocenters. The number of quaternary nitrogens is 1. The summed E-state index contributed by atoms with van der Waals surface area (Å²) in [6.07, 6.45) is 0.876. The van der Waals surface area contributed by atoms with Crippen LogP contribution in [0.15, 0.2) is 45.7 Å². The molecule has 0 radical (unpaired) electrons. The van der Waals surface area contributed by atoms with Crippen molar-refractivity contribution in [2.45, 2.75) is 30.9 Å². The van der Waals surface area contributed by atoms with Crippen LogP contribution in [0.25, 0.3) is 0 Å². The van der Waals surface area contributed by atoms with Crippen LogP contribution in [0.1, 0.15) is 36.6 Å². The van der Waals surface area contributed by atoms with Gasteiger partial charge in [-0.1, -0.05) is 11.6 Å². The Bertz CT molecular complexity index is 843. The Morgan fingerprint density at radius 1 is 1.11 bits per heavy atom. The summed E-state index contributed by atoms with van der Waals surface area (Å²) in [7, 11) is -3.57. The van der Waals surface area contributed by atoms with Crippen LogP contribution >= 0.6 is 11.6 Å². The summed E-state index contributed by atoms with van der Waals surface area (Å²) >= 11 is 5.79. The minimum Gasteiger partial charge on any atom is -0.455 e. The van der Waals surface area contributed by atoms with E-state index in [9.17, 15) is 13.2 Å². The maximum atomic E-state index is 12.4. The first kappa shape index (κ1) is 21.5. The number of rotatable bonds is 10. The molecule has 0 saturated carbocycles. The second-order valence-corrected chi connectivity index (χ2v) is 8.72. The quantitative estimate of drug-likeness (QED) is 0.583. The van der Waals surface area contributed by atoms with Crippen molar-refractivity contribution in [2.75, 3.05) is 26.2 Å². The summed E-state index contributed by atoms with van der Waals surface area (Å²) < 4.78 is 30.3. The van der Waals surface area contributed by atoms with Gasteiger partial charge in [-0.3, -0.25) is 4.79 Å². The molecule has 1 amide bonds. The summed E-state index contributed by atoms with van der Waals surface area (Å²) in [5.41, 5.74) is 0. The third-order valence-electron chi connectivity index (χ3n) is 4.38. The van der Waals surface area contributed by atoms with Crippen molar-refractivity contribution in [3.8, 4) is 0 Å². The number of sulfone groups is 1. The van der Waals surface area contributed by atoms with E-state index in [-0.39, 0.29) is 28.1 Å². The van der Waals surface area contributed by atoms with Crippen molar-refractivity contribution < 1.29 is 22.5 Å². The van der Waals surface area contributed by atoms with Crippen molar-refractivity contribution >= 4 is 27.3 Å². The summed E-state index contributed by atoms with van der Waals surface area (Å²) in [4.78, 5) is 13.8. The SMILES string of the molecule is CC[NH+](CC)CCCNC(=O)c1ccc(CS(=O)(=O)c2ccc(Cl)cc2)o1. The first-order chi connectivity index (χ1) is 12.9. The average Bonchev–Trinajstić information content (AvgIpc) is 3.10. The summed E-state index contributed by atoms with van der Waals surface area (Å²) in [6, 6.07) is 8.96. The first-order valence-corrected chi connectivity index (χ1v) is 11.1. The highest BCUT2D eigenvalue weighted by Gasteiger charge is 2.19. The molecule has 0 spiro atoms. The molecule has 8 heteroatoms. The number of benzene rings is 1. The lowest BCUT2D eigenvalue weighted by atomic mass is 10.3. The molecule has 6 nitrogen and oxygen atoms in total. The molecule has 1 aromatic heterocycles. The van der Waals surface area contributed by atoms with E-state index >= 15 is 0 Å². The Labute approximate surface area is 165 Å². The van der Waals surface area contributed by atoms with Gasteiger partial charge >= 0.3 is 0 Å². The Morgan fingerprint density at radius 3 is 2.41 bits per heavy atom. The van der Waals surface area contributed by atoms with Gasteiger partial charge in [-0.15, -0.1) is 0 Å². The van der Waals surface area contributed by atoms with Gasteiger partial charge in [0.1, 0.15) is 11.5 Å². The molecule has 0 bridgehead atoms. The number of carbonyl (C=O) groups excluding carboxylic acids is 1. The lowest BCUT2D eigenvalue weighted by molar-refractivity contribution is -0.896. The van der Waals surface area contributed by atoms with Gasteiger partial charge in [-0.2, -0.15) is 0 Å². The molecule has 0 aliphatic rings. The van der Waals surface area contributed by atoms with E-state index in [1.807, 2.05) is 0 Å². The predicted octanol–water partition coefficient (Wildman–Crippen LogP) is 1.95. The largest absolute Gasteiger partial charge is 0.455 e. The third kappa shape index (κ3) is 6.37. The molecule has 0 aliphatic heterocycles. The number of carbonyl (C=O) groups is 1. The summed E-state index contributed by atoms with van der Waals surface area (Å²) in [6.45, 7) is 7.96. The highest BCUT2D eigenvalue weighted by atomic mass is 35.5. The molecule has 0 unspecified atom stereocenters. The Morgan fingerprint density at radius 2 is 1.78 bits per heavy atom. The van der Waals surface area contributed by atoms with Gasteiger partial charge in [0.05, 0.1) is 24.5 Å². The molecule has 27 heavy (non-hydrogen) atoms. The number of furan rings is 1. The predicted molar refractivity (Wildman–Crippen MR) is 105 cm³/mol. The van der Waals surface area contributed by atoms with Crippen LogP contribution in [0, 0.1) is 0 Å². The van der Waals surface area contributed by atoms with Gasteiger partial charge in [0.25, 0.3) is 5.91 Å². The van der Waals surface area contributed by atoms with E-state index in [2.05, 4.69) is 19.2 Å². The maximum Gasteiger partial charge on any atom is 0.286 e. The smallest absolute Gasteiger partial charge is 0.286 e. The fraction of sp³-hybridized carbons (Fsp3) is 0.421. The Kier molecular flexibility index (Phi) is 7.89. The minimum atomic E-state index is -3.57. The van der Waals surface area contributed by atoms with Crippen LogP contribution in [0.3, 0.4) is 0 Å². The second-order valence-electron chi connectivity index (χ2n) is 6.30. The van der Waals surface area contributed by atoms with Crippen molar-refractivity contribution in [1.82, 2.24) is 5.32 Å². The molecule has 1 aromatic carbocycles. The lowest BCUT2D eigenvalue weighted by Crippen LogP contribution is -3.11. The monoisotopic (exact) mass is 413 g/mol. The molecule has 2 aromatic rings. The molecule has 0 fully saturated rings. The highest BCUT2D eigenvalue weighted by molar-refractivity contribution is 7.90. The Balaban J connectivity index is 1.90. The molecular weight excluding hydrogens is 388 g/mol. The number of amides is 1. The van der Waals surface area contributed by atoms with Crippen molar-refractivity contribution in [1.29, 1.82) is 0 Å². The second kappa shape index (κ2) is 9.92. The van der Waals surface area contributed by atoms with Gasteiger partial charge in [0.2, 0.25) is 0 Å². The molecule has 0 saturated heterocycles. The van der Waals surface area contributed by atoms with Gasteiger partial charge in [0.15, 0.2) is 15.6 Å². The summed E-state index contributed by atoms with van der Waals surface area (Å²) in [5.74, 6) is -0.304. The minimum absolute atomic E-state index is 0.117. The fourth-order valence-corrected chi connectivity index (χ4v) is 4.09. The van der Waals surface area contributed by atoms with E-state index < -0.39 is 9.84 Å². The van der Waals surface area contributed by atoms with Crippen LogP contribution in [0.5, 0.6) is 0 Å². The topological polar surface area (TPSA) is 80.8 Å². The van der Waals surface area contributed by atoms with Crippen LogP contribution in [-0.4, -0.2) is 40.5 Å². The molecule has 2 N–H and O–H groups in total. The van der Waals surface area contributed by atoms with Gasteiger partial charge in [-0.05, 0) is 50.2 Å². The van der Waals surface area contributed by atoms with E-state index in [1.54, 1.807) is 0 Å². The highest BCUT2D eigenvalue weighted by Crippen LogP contribution is 2.20. The van der Waals surface area contributed by atoms with Crippen LogP contribution < -0.4 is 10.2 Å². The summed E-state index contributed by atoms with van der Waals surface area (Å²) in [5, 5.41) is 3.27. The third-order valence-corrected chi connectivity index (χ3v) is 6.29. The molecule has 0 aliphatic carbocycles. The van der Waals surface area contributed by atoms with E-state index in [0.29, 0.717) is 11.6 Å². The number of halogens is 1. The molecule has 1 heterocycles. The van der Waals surface area contributed by atoms with Crippen molar-refractivity contribution in [3.05, 3.63) is 52.9 Å². The molecule has 2 rings (SSSR count). The Hall–Kier alpha value is -1.83.